The van der Waals surface area contributed by atoms with Gasteiger partial charge >= 0.3 is 12.1 Å². The maximum Gasteiger partial charge on any atom is 0.411 e. The topological polar surface area (TPSA) is 102 Å². The van der Waals surface area contributed by atoms with E-state index in [1.165, 1.54) is 11.0 Å². The molecule has 8 nitrogen and oxygen atoms in total. The highest BCUT2D eigenvalue weighted by Gasteiger charge is 2.34. The number of rotatable bonds is 2. The highest BCUT2D eigenvalue weighted by Crippen LogP contribution is 2.26. The average Bonchev–Trinajstić information content (AvgIpc) is 2.86. The molecule has 0 saturated carbocycles. The highest BCUT2D eigenvalue weighted by molar-refractivity contribution is 5.84. The van der Waals surface area contributed by atoms with E-state index in [4.69, 9.17) is 19.1 Å². The van der Waals surface area contributed by atoms with Crippen molar-refractivity contribution >= 4 is 12.1 Å². The Bertz CT molecular complexity index is 533. The monoisotopic (exact) mass is 298 g/mol. The predicted octanol–water partition coefficient (Wildman–Crippen LogP) is 1.68. The minimum atomic E-state index is -1.21. The molecule has 1 saturated heterocycles. The molecule has 1 aromatic heterocycles. The molecule has 0 spiro atoms. The van der Waals surface area contributed by atoms with Gasteiger partial charge in [0, 0.05) is 12.6 Å². The van der Waals surface area contributed by atoms with Crippen LogP contribution in [0.1, 0.15) is 43.1 Å². The normalized spacial score (nSPS) is 19.4. The van der Waals surface area contributed by atoms with Crippen LogP contribution >= 0.6 is 0 Å². The number of nitrogens with zero attached hydrogens (tertiary/aromatic N) is 2. The summed E-state index contributed by atoms with van der Waals surface area (Å²) in [6.07, 6.45) is -0.490. The quantitative estimate of drug-likeness (QED) is 0.886. The summed E-state index contributed by atoms with van der Waals surface area (Å²) in [5, 5.41) is 12.6. The Morgan fingerprint density at radius 1 is 1.48 bits per heavy atom. The van der Waals surface area contributed by atoms with Crippen LogP contribution in [-0.4, -0.2) is 52.6 Å². The number of carbonyl (C=O) groups excluding carboxylic acids is 1. The van der Waals surface area contributed by atoms with Crippen LogP contribution in [0.3, 0.4) is 0 Å². The Labute approximate surface area is 121 Å². The summed E-state index contributed by atoms with van der Waals surface area (Å²) >= 11 is 0. The number of amides is 1. The van der Waals surface area contributed by atoms with Crippen molar-refractivity contribution in [1.29, 1.82) is 0 Å². The molecule has 2 heterocycles. The van der Waals surface area contributed by atoms with Gasteiger partial charge in [0.25, 0.3) is 0 Å². The maximum atomic E-state index is 12.2. The Kier molecular flexibility index (Phi) is 4.17. The van der Waals surface area contributed by atoms with Gasteiger partial charge in [0.2, 0.25) is 5.76 Å². The number of hydrogen-bond acceptors (Lipinski definition) is 6. The van der Waals surface area contributed by atoms with Crippen LogP contribution in [0.25, 0.3) is 0 Å². The van der Waals surface area contributed by atoms with Gasteiger partial charge < -0.3 is 19.1 Å². The molecular formula is C13H18N2O6. The van der Waals surface area contributed by atoms with E-state index in [0.29, 0.717) is 18.8 Å². The van der Waals surface area contributed by atoms with Gasteiger partial charge in [-0.15, -0.1) is 0 Å². The molecule has 1 atom stereocenters. The summed E-state index contributed by atoms with van der Waals surface area (Å²) in [6.45, 7) is 6.27. The van der Waals surface area contributed by atoms with E-state index in [9.17, 15) is 9.59 Å². The number of ether oxygens (including phenoxy) is 2. The van der Waals surface area contributed by atoms with Crippen LogP contribution in [0.15, 0.2) is 10.6 Å². The van der Waals surface area contributed by atoms with Crippen LogP contribution in [0, 0.1) is 0 Å². The van der Waals surface area contributed by atoms with E-state index in [1.54, 1.807) is 20.8 Å². The molecule has 21 heavy (non-hydrogen) atoms. The number of carbonyl (C=O) groups is 2. The maximum absolute atomic E-state index is 12.2. The predicted molar refractivity (Wildman–Crippen MR) is 70.0 cm³/mol. The molecule has 1 aromatic rings. The molecule has 1 amide bonds. The van der Waals surface area contributed by atoms with Crippen LogP contribution in [0.2, 0.25) is 0 Å². The number of hydrogen-bond donors (Lipinski definition) is 1. The fraction of sp³-hybridized carbons (Fsp3) is 0.615. The molecular weight excluding hydrogens is 280 g/mol. The molecule has 1 aliphatic rings. The molecule has 0 radical (unpaired) electrons. The molecule has 0 bridgehead atoms. The number of aromatic carboxylic acids is 1. The summed E-state index contributed by atoms with van der Waals surface area (Å²) in [5.41, 5.74) is -0.284. The lowest BCUT2D eigenvalue weighted by Gasteiger charge is -2.35. The lowest BCUT2D eigenvalue weighted by atomic mass is 10.1. The van der Waals surface area contributed by atoms with Crippen molar-refractivity contribution in [1.82, 2.24) is 10.1 Å². The second-order valence-electron chi connectivity index (χ2n) is 5.69. The van der Waals surface area contributed by atoms with E-state index in [1.807, 2.05) is 0 Å². The molecule has 1 aliphatic heterocycles. The first-order chi connectivity index (χ1) is 9.78. The summed E-state index contributed by atoms with van der Waals surface area (Å²) < 4.78 is 15.4. The molecule has 8 heteroatoms. The Hall–Kier alpha value is -2.09. The molecule has 2 rings (SSSR count). The van der Waals surface area contributed by atoms with Crippen LogP contribution in [-0.2, 0) is 9.47 Å². The smallest absolute Gasteiger partial charge is 0.411 e. The third kappa shape index (κ3) is 3.72. The number of carboxylic acid groups (broad SMARTS) is 1. The van der Waals surface area contributed by atoms with E-state index in [0.717, 1.165) is 0 Å². The van der Waals surface area contributed by atoms with Crippen molar-refractivity contribution in [3.8, 4) is 0 Å². The standard InChI is InChI=1S/C13H18N2O6/c1-13(2,3)20-12(18)15-4-5-19-7-9(15)8-6-10(11(16)17)21-14-8/h6,9H,4-5,7H2,1-3H3,(H,16,17). The molecule has 1 unspecified atom stereocenters. The molecule has 116 valence electrons. The van der Waals surface area contributed by atoms with Crippen LogP contribution in [0.4, 0.5) is 4.79 Å². The number of carboxylic acids is 1. The van der Waals surface area contributed by atoms with Gasteiger partial charge in [-0.2, -0.15) is 0 Å². The van der Waals surface area contributed by atoms with Gasteiger partial charge in [0.1, 0.15) is 17.3 Å². The minimum Gasteiger partial charge on any atom is -0.475 e. The first kappa shape index (κ1) is 15.3. The largest absolute Gasteiger partial charge is 0.475 e. The fourth-order valence-electron chi connectivity index (χ4n) is 1.93. The van der Waals surface area contributed by atoms with Gasteiger partial charge in [-0.3, -0.25) is 4.90 Å². The molecule has 0 aromatic carbocycles. The number of aromatic nitrogens is 1. The third-order valence-corrected chi connectivity index (χ3v) is 2.84. The van der Waals surface area contributed by atoms with Gasteiger partial charge in [-0.05, 0) is 20.8 Å². The van der Waals surface area contributed by atoms with E-state index >= 15 is 0 Å². The minimum absolute atomic E-state index is 0.213. The van der Waals surface area contributed by atoms with Gasteiger partial charge in [0.15, 0.2) is 0 Å². The summed E-state index contributed by atoms with van der Waals surface area (Å²) in [5.74, 6) is -1.49. The zero-order chi connectivity index (χ0) is 15.6. The Morgan fingerprint density at radius 2 is 2.19 bits per heavy atom. The van der Waals surface area contributed by atoms with Crippen LogP contribution in [0.5, 0.6) is 0 Å². The van der Waals surface area contributed by atoms with Gasteiger partial charge in [0.05, 0.1) is 13.2 Å². The summed E-state index contributed by atoms with van der Waals surface area (Å²) in [4.78, 5) is 24.5. The zero-order valence-electron chi connectivity index (χ0n) is 12.2. The first-order valence-electron chi connectivity index (χ1n) is 6.55. The van der Waals surface area contributed by atoms with E-state index in [2.05, 4.69) is 5.16 Å². The average molecular weight is 298 g/mol. The van der Waals surface area contributed by atoms with E-state index < -0.39 is 23.7 Å². The lowest BCUT2D eigenvalue weighted by molar-refractivity contribution is -0.0346. The zero-order valence-corrected chi connectivity index (χ0v) is 12.2. The molecule has 0 aliphatic carbocycles. The van der Waals surface area contributed by atoms with Gasteiger partial charge in [-0.1, -0.05) is 5.16 Å². The second-order valence-corrected chi connectivity index (χ2v) is 5.69. The summed E-state index contributed by atoms with van der Waals surface area (Å²) in [7, 11) is 0. The van der Waals surface area contributed by atoms with Crippen LogP contribution < -0.4 is 0 Å². The summed E-state index contributed by atoms with van der Waals surface area (Å²) in [6, 6.07) is 0.768. The first-order valence-corrected chi connectivity index (χ1v) is 6.55. The third-order valence-electron chi connectivity index (χ3n) is 2.84. The van der Waals surface area contributed by atoms with Crippen molar-refractivity contribution in [2.45, 2.75) is 32.4 Å². The number of morpholine rings is 1. The second kappa shape index (κ2) is 5.72. The van der Waals surface area contributed by atoms with Crippen molar-refractivity contribution < 1.29 is 28.7 Å². The van der Waals surface area contributed by atoms with Gasteiger partial charge in [-0.25, -0.2) is 9.59 Å². The lowest BCUT2D eigenvalue weighted by Crippen LogP contribution is -2.45. The fourth-order valence-corrected chi connectivity index (χ4v) is 1.93. The molecule has 1 N–H and O–H groups in total. The van der Waals surface area contributed by atoms with Crippen molar-refractivity contribution in [2.24, 2.45) is 0 Å². The highest BCUT2D eigenvalue weighted by atomic mass is 16.6. The Balaban J connectivity index is 2.18. The van der Waals surface area contributed by atoms with Crippen molar-refractivity contribution in [3.05, 3.63) is 17.5 Å². The van der Waals surface area contributed by atoms with Crippen molar-refractivity contribution in [3.63, 3.8) is 0 Å². The molecule has 1 fully saturated rings. The SMILES string of the molecule is CC(C)(C)OC(=O)N1CCOCC1c1cc(C(=O)O)on1. The van der Waals surface area contributed by atoms with Crippen molar-refractivity contribution in [2.75, 3.05) is 19.8 Å². The van der Waals surface area contributed by atoms with E-state index in [-0.39, 0.29) is 12.4 Å². The Morgan fingerprint density at radius 3 is 2.76 bits per heavy atom.